The van der Waals surface area contributed by atoms with Gasteiger partial charge >= 0.3 is 0 Å². The third kappa shape index (κ3) is 5.41. The molecule has 4 rings (SSSR count). The number of methoxy groups -OCH3 is 1. The molecule has 2 bridgehead atoms. The molecule has 1 aromatic heterocycles. The Kier molecular flexibility index (Phi) is 7.71. The van der Waals surface area contributed by atoms with Gasteiger partial charge in [0.2, 0.25) is 0 Å². The van der Waals surface area contributed by atoms with E-state index in [2.05, 4.69) is 23.8 Å². The number of carbonyl (C=O) groups is 1. The topological polar surface area (TPSA) is 59.8 Å². The second-order valence-electron chi connectivity index (χ2n) is 9.46. The Bertz CT molecular complexity index is 957. The van der Waals surface area contributed by atoms with Gasteiger partial charge in [0.25, 0.3) is 5.91 Å². The van der Waals surface area contributed by atoms with Crippen LogP contribution in [0, 0.1) is 19.8 Å². The van der Waals surface area contributed by atoms with Crippen molar-refractivity contribution in [1.29, 1.82) is 0 Å². The monoisotopic (exact) mass is 454 g/mol. The lowest BCUT2D eigenvalue weighted by Crippen LogP contribution is -2.46. The molecule has 2 atom stereocenters. The van der Waals surface area contributed by atoms with Gasteiger partial charge in [-0.05, 0) is 51.8 Å². The number of piperidine rings is 1. The summed E-state index contributed by atoms with van der Waals surface area (Å²) in [5.74, 6) is 1.12. The van der Waals surface area contributed by atoms with Crippen LogP contribution >= 0.6 is 0 Å². The molecule has 33 heavy (non-hydrogen) atoms. The standard InChI is InChI=1S/C26H38N4O3/c1-19-23(20(2)28(3)27-19)18-29-13-8-7-9-21-17-30(14-12-24(21)32-4)26(31)22-10-5-6-11-25(22)33-16-15-29/h5-6,10-11,21,24H,7-9,12-18H2,1-4H3/t21-,24+/m0/s1. The highest BCUT2D eigenvalue weighted by Crippen LogP contribution is 2.28. The Balaban J connectivity index is 1.55. The molecule has 7 nitrogen and oxygen atoms in total. The van der Waals surface area contributed by atoms with Crippen molar-refractivity contribution in [2.45, 2.75) is 52.2 Å². The number of nitrogens with zero attached hydrogens (tertiary/aromatic N) is 4. The Labute approximate surface area is 197 Å². The molecule has 0 saturated carbocycles. The van der Waals surface area contributed by atoms with Gasteiger partial charge in [-0.15, -0.1) is 0 Å². The number of amides is 1. The normalized spacial score (nSPS) is 23.0. The van der Waals surface area contributed by atoms with Crippen LogP contribution in [0.1, 0.15) is 53.0 Å². The maximum atomic E-state index is 13.4. The van der Waals surface area contributed by atoms with E-state index in [-0.39, 0.29) is 12.0 Å². The first-order valence-corrected chi connectivity index (χ1v) is 12.2. The quantitative estimate of drug-likeness (QED) is 0.710. The average Bonchev–Trinajstić information content (AvgIpc) is 3.06. The van der Waals surface area contributed by atoms with Gasteiger partial charge in [0.05, 0.1) is 17.4 Å². The first-order chi connectivity index (χ1) is 16.0. The second-order valence-corrected chi connectivity index (χ2v) is 9.46. The zero-order valence-electron chi connectivity index (χ0n) is 20.5. The summed E-state index contributed by atoms with van der Waals surface area (Å²) in [5.41, 5.74) is 4.27. The summed E-state index contributed by atoms with van der Waals surface area (Å²) in [5, 5.41) is 4.59. The molecule has 1 fully saturated rings. The smallest absolute Gasteiger partial charge is 0.257 e. The molecule has 2 aromatic rings. The van der Waals surface area contributed by atoms with Gasteiger partial charge in [0.1, 0.15) is 12.4 Å². The Morgan fingerprint density at radius 3 is 2.70 bits per heavy atom. The van der Waals surface area contributed by atoms with Gasteiger partial charge in [-0.1, -0.05) is 18.6 Å². The Morgan fingerprint density at radius 1 is 1.12 bits per heavy atom. The molecule has 0 radical (unpaired) electrons. The summed E-state index contributed by atoms with van der Waals surface area (Å²) in [6.45, 7) is 8.96. The lowest BCUT2D eigenvalue weighted by Gasteiger charge is -2.38. The summed E-state index contributed by atoms with van der Waals surface area (Å²) < 4.78 is 13.9. The number of ether oxygens (including phenoxy) is 2. The fraction of sp³-hybridized carbons (Fsp3) is 0.615. The third-order valence-corrected chi connectivity index (χ3v) is 7.38. The van der Waals surface area contributed by atoms with Crippen LogP contribution in [-0.2, 0) is 18.3 Å². The number of fused-ring (bicyclic) bond motifs is 3. The highest BCUT2D eigenvalue weighted by Gasteiger charge is 2.32. The van der Waals surface area contributed by atoms with Crippen molar-refractivity contribution in [3.63, 3.8) is 0 Å². The van der Waals surface area contributed by atoms with Gasteiger partial charge < -0.3 is 14.4 Å². The minimum absolute atomic E-state index is 0.0701. The van der Waals surface area contributed by atoms with Crippen molar-refractivity contribution in [2.75, 3.05) is 39.9 Å². The van der Waals surface area contributed by atoms with Crippen molar-refractivity contribution in [3.8, 4) is 5.75 Å². The fourth-order valence-electron chi connectivity index (χ4n) is 5.29. The van der Waals surface area contributed by atoms with Crippen LogP contribution in [0.4, 0.5) is 0 Å². The minimum Gasteiger partial charge on any atom is -0.491 e. The molecule has 1 amide bonds. The number of para-hydroxylation sites is 1. The summed E-state index contributed by atoms with van der Waals surface area (Å²) in [6, 6.07) is 7.66. The third-order valence-electron chi connectivity index (χ3n) is 7.38. The van der Waals surface area contributed by atoms with Gasteiger partial charge in [-0.2, -0.15) is 5.10 Å². The lowest BCUT2D eigenvalue weighted by molar-refractivity contribution is -0.00702. The minimum atomic E-state index is 0.0701. The van der Waals surface area contributed by atoms with Crippen LogP contribution in [0.15, 0.2) is 24.3 Å². The predicted octanol–water partition coefficient (Wildman–Crippen LogP) is 3.58. The summed E-state index contributed by atoms with van der Waals surface area (Å²) >= 11 is 0. The van der Waals surface area contributed by atoms with Crippen LogP contribution in [0.25, 0.3) is 0 Å². The van der Waals surface area contributed by atoms with E-state index in [1.807, 2.05) is 40.9 Å². The molecule has 2 aliphatic rings. The van der Waals surface area contributed by atoms with Crippen LogP contribution < -0.4 is 4.74 Å². The number of hydrogen-bond acceptors (Lipinski definition) is 5. The summed E-state index contributed by atoms with van der Waals surface area (Å²) in [6.07, 6.45) is 4.45. The predicted molar refractivity (Wildman–Crippen MR) is 129 cm³/mol. The highest BCUT2D eigenvalue weighted by atomic mass is 16.5. The summed E-state index contributed by atoms with van der Waals surface area (Å²) in [7, 11) is 3.81. The van der Waals surface area contributed by atoms with E-state index in [9.17, 15) is 4.79 Å². The fourth-order valence-corrected chi connectivity index (χ4v) is 5.29. The van der Waals surface area contributed by atoms with E-state index >= 15 is 0 Å². The van der Waals surface area contributed by atoms with Crippen LogP contribution in [0.3, 0.4) is 0 Å². The Hall–Kier alpha value is -2.38. The van der Waals surface area contributed by atoms with E-state index in [1.165, 1.54) is 11.3 Å². The molecule has 7 heteroatoms. The molecule has 2 aliphatic heterocycles. The van der Waals surface area contributed by atoms with E-state index in [1.54, 1.807) is 7.11 Å². The first-order valence-electron chi connectivity index (χ1n) is 12.2. The average molecular weight is 455 g/mol. The molecule has 1 saturated heterocycles. The van der Waals surface area contributed by atoms with E-state index in [4.69, 9.17) is 9.47 Å². The van der Waals surface area contributed by atoms with Crippen LogP contribution in [0.5, 0.6) is 5.75 Å². The van der Waals surface area contributed by atoms with Crippen LogP contribution in [-0.4, -0.2) is 71.5 Å². The number of aromatic nitrogens is 2. The van der Waals surface area contributed by atoms with Gasteiger partial charge in [-0.3, -0.25) is 14.4 Å². The number of rotatable bonds is 3. The molecular weight excluding hydrogens is 416 g/mol. The molecule has 0 aliphatic carbocycles. The molecule has 180 valence electrons. The molecule has 3 heterocycles. The SMILES string of the molecule is CO[C@@H]1CCN2C[C@@H]1CCCCN(Cc1c(C)nn(C)c1C)CCOc1ccccc1C2=O. The first kappa shape index (κ1) is 23.8. The van der Waals surface area contributed by atoms with Crippen molar-refractivity contribution >= 4 is 5.91 Å². The van der Waals surface area contributed by atoms with Crippen molar-refractivity contribution in [2.24, 2.45) is 13.0 Å². The zero-order valence-corrected chi connectivity index (χ0v) is 20.5. The zero-order chi connectivity index (χ0) is 23.4. The maximum absolute atomic E-state index is 13.4. The molecule has 0 N–H and O–H groups in total. The second kappa shape index (κ2) is 10.7. The van der Waals surface area contributed by atoms with E-state index in [0.29, 0.717) is 23.8 Å². The largest absolute Gasteiger partial charge is 0.491 e. The summed E-state index contributed by atoms with van der Waals surface area (Å²) in [4.78, 5) is 17.8. The van der Waals surface area contributed by atoms with Crippen molar-refractivity contribution < 1.29 is 14.3 Å². The number of aryl methyl sites for hydroxylation is 2. The molecule has 0 spiro atoms. The lowest BCUT2D eigenvalue weighted by atomic mass is 9.89. The molecule has 0 unspecified atom stereocenters. The van der Waals surface area contributed by atoms with Gasteiger partial charge in [0, 0.05) is 57.5 Å². The van der Waals surface area contributed by atoms with Gasteiger partial charge in [-0.25, -0.2) is 0 Å². The van der Waals surface area contributed by atoms with Gasteiger partial charge in [0.15, 0.2) is 0 Å². The van der Waals surface area contributed by atoms with Crippen LogP contribution in [0.2, 0.25) is 0 Å². The number of benzene rings is 1. The van der Waals surface area contributed by atoms with E-state index < -0.39 is 0 Å². The molecular formula is C26H38N4O3. The maximum Gasteiger partial charge on any atom is 0.257 e. The highest BCUT2D eigenvalue weighted by molar-refractivity contribution is 5.97. The number of carbonyl (C=O) groups excluding carboxylic acids is 1. The number of hydrogen-bond donors (Lipinski definition) is 0. The molecule has 1 aromatic carbocycles. The Morgan fingerprint density at radius 2 is 1.94 bits per heavy atom. The van der Waals surface area contributed by atoms with Crippen molar-refractivity contribution in [3.05, 3.63) is 46.8 Å². The van der Waals surface area contributed by atoms with Crippen molar-refractivity contribution in [1.82, 2.24) is 19.6 Å². The van der Waals surface area contributed by atoms with E-state index in [0.717, 1.165) is 64.1 Å².